The Labute approximate surface area is 93.0 Å². The van der Waals surface area contributed by atoms with E-state index in [1.807, 2.05) is 13.0 Å². The summed E-state index contributed by atoms with van der Waals surface area (Å²) in [7, 11) is 0. The van der Waals surface area contributed by atoms with Crippen molar-refractivity contribution in [1.29, 1.82) is 0 Å². The summed E-state index contributed by atoms with van der Waals surface area (Å²) < 4.78 is 0. The largest absolute Gasteiger partial charge is 0.383 e. The van der Waals surface area contributed by atoms with Gasteiger partial charge in [0.15, 0.2) is 0 Å². The highest BCUT2D eigenvalue weighted by Gasteiger charge is 2.03. The van der Waals surface area contributed by atoms with Gasteiger partial charge < -0.3 is 11.1 Å². The molecule has 0 aliphatic carbocycles. The van der Waals surface area contributed by atoms with E-state index in [1.165, 1.54) is 12.7 Å². The van der Waals surface area contributed by atoms with Gasteiger partial charge in [-0.15, -0.1) is 0 Å². The highest BCUT2D eigenvalue weighted by atomic mass is 15.0. The smallest absolute Gasteiger partial charge is 0.134 e. The Hall–Kier alpha value is -2.24. The summed E-state index contributed by atoms with van der Waals surface area (Å²) in [4.78, 5) is 15.9. The number of nitrogens with two attached hydrogens (primary N) is 1. The molecule has 0 aromatic carbocycles. The lowest BCUT2D eigenvalue weighted by atomic mass is 10.3. The van der Waals surface area contributed by atoms with Crippen molar-refractivity contribution in [3.05, 3.63) is 36.2 Å². The van der Waals surface area contributed by atoms with E-state index < -0.39 is 0 Å². The number of nitrogen functional groups attached to an aromatic ring is 1. The average molecular weight is 216 g/mol. The Balaban J connectivity index is 2.08. The topological polar surface area (TPSA) is 89.6 Å². The van der Waals surface area contributed by atoms with Crippen molar-refractivity contribution in [2.24, 2.45) is 0 Å². The maximum absolute atomic E-state index is 5.67. The molecule has 0 atom stereocenters. The zero-order valence-electron chi connectivity index (χ0n) is 8.88. The molecule has 0 bridgehead atoms. The van der Waals surface area contributed by atoms with Gasteiger partial charge in [-0.2, -0.15) is 0 Å². The van der Waals surface area contributed by atoms with Gasteiger partial charge >= 0.3 is 0 Å². The fourth-order valence-corrected chi connectivity index (χ4v) is 1.24. The number of hydrogen-bond acceptors (Lipinski definition) is 6. The van der Waals surface area contributed by atoms with Crippen LogP contribution in [0.15, 0.2) is 24.9 Å². The molecule has 0 unspecified atom stereocenters. The molecule has 2 aromatic rings. The number of rotatable bonds is 3. The van der Waals surface area contributed by atoms with Crippen molar-refractivity contribution < 1.29 is 0 Å². The second-order valence-corrected chi connectivity index (χ2v) is 3.29. The Kier molecular flexibility index (Phi) is 2.90. The summed E-state index contributed by atoms with van der Waals surface area (Å²) in [5.41, 5.74) is 7.41. The third kappa shape index (κ3) is 2.22. The summed E-state index contributed by atoms with van der Waals surface area (Å²) in [6.07, 6.45) is 4.65. The fourth-order valence-electron chi connectivity index (χ4n) is 1.24. The van der Waals surface area contributed by atoms with E-state index in [0.29, 0.717) is 12.4 Å². The van der Waals surface area contributed by atoms with Gasteiger partial charge in [-0.3, -0.25) is 0 Å². The van der Waals surface area contributed by atoms with Gasteiger partial charge in [-0.25, -0.2) is 19.9 Å². The van der Waals surface area contributed by atoms with Gasteiger partial charge in [-0.05, 0) is 13.0 Å². The first-order valence-corrected chi connectivity index (χ1v) is 4.83. The van der Waals surface area contributed by atoms with Gasteiger partial charge in [0.1, 0.15) is 24.3 Å². The molecule has 0 aliphatic heterocycles. The SMILES string of the molecule is Cc1c(N)ncnc1NCc1ccncn1. The standard InChI is InChI=1S/C10H12N6/c1-7-9(11)15-6-16-10(7)13-4-8-2-3-12-5-14-8/h2-3,5-6H,4H2,1H3,(H3,11,13,15,16). The van der Waals surface area contributed by atoms with E-state index in [2.05, 4.69) is 25.3 Å². The number of anilines is 2. The molecule has 0 aliphatic rings. The molecule has 16 heavy (non-hydrogen) atoms. The molecule has 0 fully saturated rings. The van der Waals surface area contributed by atoms with Crippen LogP contribution in [0.25, 0.3) is 0 Å². The van der Waals surface area contributed by atoms with Crippen LogP contribution >= 0.6 is 0 Å². The van der Waals surface area contributed by atoms with E-state index >= 15 is 0 Å². The number of hydrogen-bond donors (Lipinski definition) is 2. The summed E-state index contributed by atoms with van der Waals surface area (Å²) >= 11 is 0. The molecular weight excluding hydrogens is 204 g/mol. The molecule has 3 N–H and O–H groups in total. The highest BCUT2D eigenvalue weighted by molar-refractivity contribution is 5.53. The summed E-state index contributed by atoms with van der Waals surface area (Å²) in [5.74, 6) is 1.21. The minimum absolute atomic E-state index is 0.486. The summed E-state index contributed by atoms with van der Waals surface area (Å²) in [6, 6.07) is 1.84. The second-order valence-electron chi connectivity index (χ2n) is 3.29. The maximum Gasteiger partial charge on any atom is 0.134 e. The van der Waals surface area contributed by atoms with Gasteiger partial charge in [0.25, 0.3) is 0 Å². The van der Waals surface area contributed by atoms with Crippen LogP contribution in [0.2, 0.25) is 0 Å². The van der Waals surface area contributed by atoms with E-state index in [0.717, 1.165) is 17.1 Å². The average Bonchev–Trinajstić information content (AvgIpc) is 2.32. The van der Waals surface area contributed by atoms with E-state index in [4.69, 9.17) is 5.73 Å². The molecule has 0 saturated carbocycles. The first-order valence-electron chi connectivity index (χ1n) is 4.83. The fraction of sp³-hybridized carbons (Fsp3) is 0.200. The van der Waals surface area contributed by atoms with Crippen LogP contribution in [0.3, 0.4) is 0 Å². The van der Waals surface area contributed by atoms with E-state index in [1.54, 1.807) is 6.20 Å². The lowest BCUT2D eigenvalue weighted by Gasteiger charge is -2.08. The Morgan fingerprint density at radius 3 is 2.88 bits per heavy atom. The predicted octanol–water partition coefficient (Wildman–Crippen LogP) is 0.769. The zero-order chi connectivity index (χ0) is 11.4. The minimum atomic E-state index is 0.486. The quantitative estimate of drug-likeness (QED) is 0.787. The molecular formula is C10H12N6. The molecule has 6 heteroatoms. The van der Waals surface area contributed by atoms with Crippen LogP contribution in [0.4, 0.5) is 11.6 Å². The Bertz CT molecular complexity index is 470. The first kappa shape index (κ1) is 10.3. The van der Waals surface area contributed by atoms with Crippen molar-refractivity contribution in [2.45, 2.75) is 13.5 Å². The lowest BCUT2D eigenvalue weighted by Crippen LogP contribution is -2.07. The van der Waals surface area contributed by atoms with Gasteiger partial charge in [0.2, 0.25) is 0 Å². The van der Waals surface area contributed by atoms with E-state index in [9.17, 15) is 0 Å². The van der Waals surface area contributed by atoms with Crippen molar-refractivity contribution in [2.75, 3.05) is 11.1 Å². The third-order valence-electron chi connectivity index (χ3n) is 2.20. The third-order valence-corrected chi connectivity index (χ3v) is 2.20. The molecule has 2 rings (SSSR count). The van der Waals surface area contributed by atoms with Crippen LogP contribution in [-0.4, -0.2) is 19.9 Å². The lowest BCUT2D eigenvalue weighted by molar-refractivity contribution is 0.986. The van der Waals surface area contributed by atoms with Gasteiger partial charge in [-0.1, -0.05) is 0 Å². The second kappa shape index (κ2) is 4.52. The normalized spacial score (nSPS) is 10.1. The molecule has 0 amide bonds. The maximum atomic E-state index is 5.67. The van der Waals surface area contributed by atoms with Crippen LogP contribution in [0, 0.1) is 6.92 Å². The van der Waals surface area contributed by atoms with Crippen molar-refractivity contribution >= 4 is 11.6 Å². The Morgan fingerprint density at radius 1 is 1.25 bits per heavy atom. The van der Waals surface area contributed by atoms with Crippen molar-refractivity contribution in [3.63, 3.8) is 0 Å². The first-order chi connectivity index (χ1) is 7.77. The number of nitrogens with one attached hydrogen (secondary N) is 1. The monoisotopic (exact) mass is 216 g/mol. The summed E-state index contributed by atoms with van der Waals surface area (Å²) in [6.45, 7) is 2.46. The van der Waals surface area contributed by atoms with Crippen LogP contribution in [0.5, 0.6) is 0 Å². The predicted molar refractivity (Wildman–Crippen MR) is 60.5 cm³/mol. The number of nitrogens with zero attached hydrogens (tertiary/aromatic N) is 4. The van der Waals surface area contributed by atoms with Gasteiger partial charge in [0.05, 0.1) is 12.2 Å². The molecule has 2 heterocycles. The number of aromatic nitrogens is 4. The highest BCUT2D eigenvalue weighted by Crippen LogP contribution is 2.15. The van der Waals surface area contributed by atoms with Crippen LogP contribution in [0.1, 0.15) is 11.3 Å². The molecule has 2 aromatic heterocycles. The molecule has 82 valence electrons. The molecule has 6 nitrogen and oxygen atoms in total. The van der Waals surface area contributed by atoms with Crippen molar-refractivity contribution in [1.82, 2.24) is 19.9 Å². The van der Waals surface area contributed by atoms with E-state index in [-0.39, 0.29) is 0 Å². The zero-order valence-corrected chi connectivity index (χ0v) is 8.88. The Morgan fingerprint density at radius 2 is 2.12 bits per heavy atom. The van der Waals surface area contributed by atoms with Gasteiger partial charge in [0, 0.05) is 11.8 Å². The molecule has 0 spiro atoms. The molecule has 0 saturated heterocycles. The van der Waals surface area contributed by atoms with Crippen molar-refractivity contribution in [3.8, 4) is 0 Å². The minimum Gasteiger partial charge on any atom is -0.383 e. The molecule has 0 radical (unpaired) electrons. The van der Waals surface area contributed by atoms with Crippen LogP contribution < -0.4 is 11.1 Å². The summed E-state index contributed by atoms with van der Waals surface area (Å²) in [5, 5.41) is 3.15. The van der Waals surface area contributed by atoms with Crippen LogP contribution in [-0.2, 0) is 6.54 Å².